The predicted molar refractivity (Wildman–Crippen MR) is 71.9 cm³/mol. The lowest BCUT2D eigenvalue weighted by Gasteiger charge is -2.01. The van der Waals surface area contributed by atoms with Crippen molar-refractivity contribution in [3.63, 3.8) is 0 Å². The van der Waals surface area contributed by atoms with Crippen LogP contribution in [0.25, 0.3) is 11.2 Å². The van der Waals surface area contributed by atoms with E-state index >= 15 is 0 Å². The van der Waals surface area contributed by atoms with Crippen LogP contribution in [0.4, 0.5) is 4.39 Å². The highest BCUT2D eigenvalue weighted by molar-refractivity contribution is 7.11. The molecule has 3 aromatic heterocycles. The van der Waals surface area contributed by atoms with Crippen molar-refractivity contribution in [1.82, 2.24) is 0 Å². The third kappa shape index (κ3) is 3.01. The second kappa shape index (κ2) is 5.40. The molecule has 0 fully saturated rings. The van der Waals surface area contributed by atoms with Gasteiger partial charge in [-0.2, -0.15) is 0 Å². The monoisotopic (exact) mass is 266 g/mol. The Balaban J connectivity index is 0.000000136. The predicted octanol–water partition coefficient (Wildman–Crippen LogP) is 4.66. The van der Waals surface area contributed by atoms with E-state index < -0.39 is 0 Å². The third-order valence-electron chi connectivity index (χ3n) is 2.48. The number of fused-ring (bicyclic) bond motifs is 2. The number of furan rings is 2. The first kappa shape index (κ1) is 12.9. The first-order valence-electron chi connectivity index (χ1n) is 5.79. The summed E-state index contributed by atoms with van der Waals surface area (Å²) in [4.78, 5) is 0. The molecule has 0 aliphatic carbocycles. The zero-order valence-corrected chi connectivity index (χ0v) is 11.1. The van der Waals surface area contributed by atoms with Crippen molar-refractivity contribution in [2.45, 2.75) is 20.3 Å². The normalized spacial score (nSPS) is 10.9. The molecule has 0 saturated heterocycles. The average Bonchev–Trinajstić information content (AvgIpc) is 2.97. The van der Waals surface area contributed by atoms with Crippen molar-refractivity contribution in [2.24, 2.45) is 5.92 Å². The maximum atomic E-state index is 12.2. The number of hydrogen-bond donors (Lipinski definition) is 1. The fraction of sp³-hybridized carbons (Fsp3) is 0.286. The van der Waals surface area contributed by atoms with Gasteiger partial charge in [-0.15, -0.1) is 11.3 Å². The standard InChI is InChI=1S/C8H12OS.C6H3FO/c1-6(2)5-7-3-4-10-8(7)9;7-5-3-4-1-2-6(5)8-4/h3-4,6,9H,5H2,1-2H3;1-3H. The first-order valence-corrected chi connectivity index (χ1v) is 6.67. The number of hydrogen-bond acceptors (Lipinski definition) is 3. The van der Waals surface area contributed by atoms with Crippen LogP contribution in [-0.4, -0.2) is 5.11 Å². The van der Waals surface area contributed by atoms with Crippen LogP contribution in [0.1, 0.15) is 19.4 Å². The molecule has 2 bridgehead atoms. The Kier molecular flexibility index (Phi) is 3.87. The molecule has 0 radical (unpaired) electrons. The van der Waals surface area contributed by atoms with Gasteiger partial charge in [-0.25, -0.2) is 4.39 Å². The van der Waals surface area contributed by atoms with Gasteiger partial charge in [-0.3, -0.25) is 0 Å². The quantitative estimate of drug-likeness (QED) is 0.731. The number of rotatable bonds is 2. The lowest BCUT2D eigenvalue weighted by atomic mass is 10.1. The molecule has 0 unspecified atom stereocenters. The highest BCUT2D eigenvalue weighted by atomic mass is 32.1. The molecule has 2 nitrogen and oxygen atoms in total. The third-order valence-corrected chi connectivity index (χ3v) is 3.24. The van der Waals surface area contributed by atoms with E-state index in [2.05, 4.69) is 13.8 Å². The molecule has 18 heavy (non-hydrogen) atoms. The summed E-state index contributed by atoms with van der Waals surface area (Å²) in [6.07, 6.45) is 0.981. The highest BCUT2D eigenvalue weighted by Gasteiger charge is 2.04. The number of thiophene rings is 1. The Morgan fingerprint density at radius 1 is 1.33 bits per heavy atom. The summed E-state index contributed by atoms with van der Waals surface area (Å²) < 4.78 is 17.1. The molecule has 0 spiro atoms. The molecule has 3 aromatic rings. The maximum Gasteiger partial charge on any atom is 0.174 e. The Morgan fingerprint density at radius 2 is 2.11 bits per heavy atom. The van der Waals surface area contributed by atoms with Gasteiger partial charge in [0.25, 0.3) is 0 Å². The van der Waals surface area contributed by atoms with Gasteiger partial charge in [0.2, 0.25) is 0 Å². The minimum absolute atomic E-state index is 0.262. The van der Waals surface area contributed by atoms with E-state index in [0.29, 0.717) is 22.1 Å². The number of benzene rings is 1. The van der Waals surface area contributed by atoms with Crippen molar-refractivity contribution < 1.29 is 13.9 Å². The lowest BCUT2D eigenvalue weighted by molar-refractivity contribution is 0.478. The highest BCUT2D eigenvalue weighted by Crippen LogP contribution is 2.26. The minimum atomic E-state index is -0.262. The van der Waals surface area contributed by atoms with Gasteiger partial charge in [-0.1, -0.05) is 13.8 Å². The van der Waals surface area contributed by atoms with Gasteiger partial charge in [0.15, 0.2) is 16.5 Å². The molecule has 0 aliphatic rings. The van der Waals surface area contributed by atoms with E-state index in [9.17, 15) is 9.50 Å². The van der Waals surface area contributed by atoms with Gasteiger partial charge in [0, 0.05) is 11.6 Å². The molecular formula is C14H15FO2S. The van der Waals surface area contributed by atoms with Gasteiger partial charge in [-0.05, 0) is 35.9 Å². The Morgan fingerprint density at radius 3 is 2.44 bits per heavy atom. The lowest BCUT2D eigenvalue weighted by Crippen LogP contribution is -1.91. The van der Waals surface area contributed by atoms with Crippen molar-refractivity contribution >= 4 is 22.5 Å². The zero-order chi connectivity index (χ0) is 13.1. The smallest absolute Gasteiger partial charge is 0.174 e. The molecular weight excluding hydrogens is 251 g/mol. The molecule has 0 aliphatic heterocycles. The molecule has 0 aromatic carbocycles. The Hall–Kier alpha value is -1.55. The van der Waals surface area contributed by atoms with E-state index in [-0.39, 0.29) is 5.82 Å². The van der Waals surface area contributed by atoms with Crippen LogP contribution in [-0.2, 0) is 6.42 Å². The summed E-state index contributed by atoms with van der Waals surface area (Å²) >= 11 is 1.40. The van der Waals surface area contributed by atoms with Gasteiger partial charge in [0.1, 0.15) is 5.58 Å². The topological polar surface area (TPSA) is 33.4 Å². The molecule has 4 heteroatoms. The average molecular weight is 266 g/mol. The second-order valence-corrected chi connectivity index (χ2v) is 5.44. The summed E-state index contributed by atoms with van der Waals surface area (Å²) in [6.45, 7) is 4.30. The van der Waals surface area contributed by atoms with Crippen LogP contribution in [0.5, 0.6) is 5.06 Å². The van der Waals surface area contributed by atoms with E-state index in [1.54, 1.807) is 12.1 Å². The minimum Gasteiger partial charge on any atom is -0.499 e. The van der Waals surface area contributed by atoms with Gasteiger partial charge in [0.05, 0.1) is 0 Å². The molecule has 0 atom stereocenters. The fourth-order valence-corrected chi connectivity index (χ4v) is 2.34. The molecule has 96 valence electrons. The summed E-state index contributed by atoms with van der Waals surface area (Å²) in [6, 6.07) is 6.71. The van der Waals surface area contributed by atoms with E-state index in [1.165, 1.54) is 17.4 Å². The van der Waals surface area contributed by atoms with Crippen molar-refractivity contribution in [1.29, 1.82) is 0 Å². The number of aromatic hydroxyl groups is 1. The zero-order valence-electron chi connectivity index (χ0n) is 10.3. The van der Waals surface area contributed by atoms with Crippen LogP contribution >= 0.6 is 11.3 Å². The fourth-order valence-electron chi connectivity index (χ4n) is 1.68. The van der Waals surface area contributed by atoms with Crippen LogP contribution in [0.3, 0.4) is 0 Å². The molecule has 0 saturated carbocycles. The maximum absolute atomic E-state index is 12.2. The SMILES string of the molecule is CC(C)Cc1ccsc1O.Fc1cc2ccc1o2. The van der Waals surface area contributed by atoms with E-state index in [0.717, 1.165) is 12.0 Å². The molecule has 1 N–H and O–H groups in total. The first-order chi connectivity index (χ1) is 8.56. The van der Waals surface area contributed by atoms with Crippen LogP contribution in [0, 0.1) is 11.7 Å². The molecule has 3 rings (SSSR count). The van der Waals surface area contributed by atoms with Crippen molar-refractivity contribution in [3.05, 3.63) is 41.0 Å². The Labute approximate surface area is 109 Å². The summed E-state index contributed by atoms with van der Waals surface area (Å²) in [5.41, 5.74) is 2.04. The van der Waals surface area contributed by atoms with Gasteiger partial charge >= 0.3 is 0 Å². The number of halogens is 1. The summed E-state index contributed by atoms with van der Waals surface area (Å²) in [7, 11) is 0. The van der Waals surface area contributed by atoms with Crippen molar-refractivity contribution in [2.75, 3.05) is 0 Å². The molecule has 0 amide bonds. The van der Waals surface area contributed by atoms with E-state index in [4.69, 9.17) is 4.42 Å². The Bertz CT molecular complexity index is 597. The second-order valence-electron chi connectivity index (χ2n) is 4.54. The largest absolute Gasteiger partial charge is 0.499 e. The molecule has 3 heterocycles. The van der Waals surface area contributed by atoms with Gasteiger partial charge < -0.3 is 9.52 Å². The van der Waals surface area contributed by atoms with Crippen LogP contribution < -0.4 is 0 Å². The van der Waals surface area contributed by atoms with Crippen LogP contribution in [0.2, 0.25) is 0 Å². The van der Waals surface area contributed by atoms with Crippen LogP contribution in [0.15, 0.2) is 34.1 Å². The summed E-state index contributed by atoms with van der Waals surface area (Å²) in [5, 5.41) is 11.6. The van der Waals surface area contributed by atoms with Crippen molar-refractivity contribution in [3.8, 4) is 5.06 Å². The summed E-state index contributed by atoms with van der Waals surface area (Å²) in [5.74, 6) is 0.364. The van der Waals surface area contributed by atoms with E-state index in [1.807, 2.05) is 11.4 Å².